The molecule has 1 atom stereocenters. The number of rotatable bonds is 5. The van der Waals surface area contributed by atoms with Gasteiger partial charge in [-0.2, -0.15) is 0 Å². The maximum absolute atomic E-state index is 6.61. The van der Waals surface area contributed by atoms with Gasteiger partial charge in [0.15, 0.2) is 5.96 Å². The molecular weight excluding hydrogens is 400 g/mol. The fourth-order valence-electron chi connectivity index (χ4n) is 5.10. The molecule has 0 saturated carbocycles. The zero-order valence-electron chi connectivity index (χ0n) is 18.1. The summed E-state index contributed by atoms with van der Waals surface area (Å²) in [5.74, 6) is 1.71. The highest BCUT2D eigenvalue weighted by atomic mass is 35.5. The van der Waals surface area contributed by atoms with Gasteiger partial charge >= 0.3 is 0 Å². The maximum atomic E-state index is 6.61. The molecule has 7 heteroatoms. The topological polar surface area (TPSA) is 49.3 Å². The van der Waals surface area contributed by atoms with Crippen molar-refractivity contribution in [3.05, 3.63) is 34.9 Å². The number of benzene rings is 1. The van der Waals surface area contributed by atoms with Crippen LogP contribution in [-0.4, -0.2) is 88.5 Å². The zero-order valence-corrected chi connectivity index (χ0v) is 18.9. The number of hydrogen-bond donors (Lipinski definition) is 1. The molecule has 1 aromatic carbocycles. The Morgan fingerprint density at radius 3 is 2.60 bits per heavy atom. The fourth-order valence-corrected chi connectivity index (χ4v) is 5.43. The molecule has 0 aromatic heterocycles. The number of ether oxygens (including phenoxy) is 2. The van der Waals surface area contributed by atoms with Crippen LogP contribution in [0.1, 0.15) is 24.8 Å². The summed E-state index contributed by atoms with van der Waals surface area (Å²) in [6, 6.07) is 8.26. The standard InChI is InChI=1S/C23H35ClN4O2/c1-25-22(28-9-6-19(17-28)16-27-10-14-30-15-11-27)26-18-23(7-12-29-13-8-23)20-4-2-3-5-21(20)24/h2-5,19H,6-18H2,1H3,(H,25,26). The van der Waals surface area contributed by atoms with Crippen LogP contribution in [0.3, 0.4) is 0 Å². The Kier molecular flexibility index (Phi) is 7.52. The number of morpholine rings is 1. The van der Waals surface area contributed by atoms with Crippen LogP contribution in [-0.2, 0) is 14.9 Å². The molecule has 3 heterocycles. The minimum absolute atomic E-state index is 0.0144. The molecule has 1 unspecified atom stereocenters. The normalized spacial score (nSPS) is 25.5. The van der Waals surface area contributed by atoms with E-state index in [1.165, 1.54) is 12.0 Å². The molecule has 3 fully saturated rings. The monoisotopic (exact) mass is 434 g/mol. The van der Waals surface area contributed by atoms with Gasteiger partial charge in [0.1, 0.15) is 0 Å². The summed E-state index contributed by atoms with van der Waals surface area (Å²) in [6.45, 7) is 9.54. The van der Waals surface area contributed by atoms with Gasteiger partial charge < -0.3 is 19.7 Å². The van der Waals surface area contributed by atoms with Crippen LogP contribution in [0.4, 0.5) is 0 Å². The smallest absolute Gasteiger partial charge is 0.193 e. The summed E-state index contributed by atoms with van der Waals surface area (Å²) in [4.78, 5) is 9.58. The Bertz CT molecular complexity index is 717. The lowest BCUT2D eigenvalue weighted by molar-refractivity contribution is 0.0315. The average molecular weight is 435 g/mol. The van der Waals surface area contributed by atoms with Crippen LogP contribution in [0.2, 0.25) is 5.02 Å². The fraction of sp³-hybridized carbons (Fsp3) is 0.696. The van der Waals surface area contributed by atoms with E-state index in [0.717, 1.165) is 89.5 Å². The molecule has 0 spiro atoms. The Balaban J connectivity index is 1.37. The molecule has 0 amide bonds. The Morgan fingerprint density at radius 1 is 1.13 bits per heavy atom. The molecule has 1 N–H and O–H groups in total. The van der Waals surface area contributed by atoms with Gasteiger partial charge in [0, 0.05) is 70.0 Å². The first-order valence-corrected chi connectivity index (χ1v) is 11.7. The van der Waals surface area contributed by atoms with Crippen molar-refractivity contribution >= 4 is 17.6 Å². The van der Waals surface area contributed by atoms with Crippen LogP contribution in [0.25, 0.3) is 0 Å². The van der Waals surface area contributed by atoms with Crippen LogP contribution in [0.15, 0.2) is 29.3 Å². The molecule has 0 radical (unpaired) electrons. The molecule has 30 heavy (non-hydrogen) atoms. The Hall–Kier alpha value is -1.34. The molecule has 1 aromatic rings. The van der Waals surface area contributed by atoms with Crippen molar-refractivity contribution in [3.63, 3.8) is 0 Å². The molecule has 4 rings (SSSR count). The van der Waals surface area contributed by atoms with E-state index in [-0.39, 0.29) is 5.41 Å². The predicted molar refractivity (Wildman–Crippen MR) is 121 cm³/mol. The third-order valence-corrected chi connectivity index (χ3v) is 7.23. The predicted octanol–water partition coefficient (Wildman–Crippen LogP) is 2.62. The van der Waals surface area contributed by atoms with E-state index in [1.54, 1.807) is 0 Å². The van der Waals surface area contributed by atoms with Gasteiger partial charge in [-0.15, -0.1) is 0 Å². The molecule has 3 aliphatic heterocycles. The number of nitrogens with one attached hydrogen (secondary N) is 1. The van der Waals surface area contributed by atoms with Crippen molar-refractivity contribution in [2.24, 2.45) is 10.9 Å². The molecular formula is C23H35ClN4O2. The molecule has 166 valence electrons. The highest BCUT2D eigenvalue weighted by molar-refractivity contribution is 6.31. The summed E-state index contributed by atoms with van der Waals surface area (Å²) < 4.78 is 11.2. The van der Waals surface area contributed by atoms with Crippen molar-refractivity contribution in [2.75, 3.05) is 72.7 Å². The van der Waals surface area contributed by atoms with Crippen molar-refractivity contribution in [1.29, 1.82) is 0 Å². The quantitative estimate of drug-likeness (QED) is 0.570. The summed E-state index contributed by atoms with van der Waals surface area (Å²) in [7, 11) is 1.89. The third-order valence-electron chi connectivity index (χ3n) is 6.90. The molecule has 0 bridgehead atoms. The molecule has 3 aliphatic rings. The summed E-state index contributed by atoms with van der Waals surface area (Å²) >= 11 is 6.61. The van der Waals surface area contributed by atoms with Crippen molar-refractivity contribution < 1.29 is 9.47 Å². The first kappa shape index (κ1) is 21.9. The van der Waals surface area contributed by atoms with E-state index < -0.39 is 0 Å². The second kappa shape index (κ2) is 10.3. The van der Waals surface area contributed by atoms with E-state index >= 15 is 0 Å². The molecule has 6 nitrogen and oxygen atoms in total. The van der Waals surface area contributed by atoms with E-state index in [1.807, 2.05) is 19.2 Å². The van der Waals surface area contributed by atoms with Crippen LogP contribution < -0.4 is 5.32 Å². The lowest BCUT2D eigenvalue weighted by Gasteiger charge is -2.39. The lowest BCUT2D eigenvalue weighted by Crippen LogP contribution is -2.49. The van der Waals surface area contributed by atoms with Gasteiger partial charge in [-0.1, -0.05) is 29.8 Å². The molecule has 0 aliphatic carbocycles. The summed E-state index contributed by atoms with van der Waals surface area (Å²) in [5, 5.41) is 4.55. The van der Waals surface area contributed by atoms with Gasteiger partial charge in [0.2, 0.25) is 0 Å². The first-order valence-electron chi connectivity index (χ1n) is 11.3. The lowest BCUT2D eigenvalue weighted by atomic mass is 9.74. The van der Waals surface area contributed by atoms with Crippen molar-refractivity contribution in [3.8, 4) is 0 Å². The summed E-state index contributed by atoms with van der Waals surface area (Å²) in [6.07, 6.45) is 3.17. The van der Waals surface area contributed by atoms with E-state index in [2.05, 4.69) is 32.2 Å². The van der Waals surface area contributed by atoms with Gasteiger partial charge in [-0.05, 0) is 36.8 Å². The second-order valence-electron chi connectivity index (χ2n) is 8.79. The van der Waals surface area contributed by atoms with Crippen LogP contribution >= 0.6 is 11.6 Å². The Labute approximate surface area is 185 Å². The third kappa shape index (κ3) is 5.10. The average Bonchev–Trinajstić information content (AvgIpc) is 3.24. The minimum atomic E-state index is -0.0144. The van der Waals surface area contributed by atoms with Crippen LogP contribution in [0, 0.1) is 5.92 Å². The van der Waals surface area contributed by atoms with Gasteiger partial charge in [0.25, 0.3) is 0 Å². The minimum Gasteiger partial charge on any atom is -0.381 e. The summed E-state index contributed by atoms with van der Waals surface area (Å²) in [5.41, 5.74) is 1.21. The van der Waals surface area contributed by atoms with E-state index in [4.69, 9.17) is 21.1 Å². The number of hydrogen-bond acceptors (Lipinski definition) is 4. The highest BCUT2D eigenvalue weighted by Gasteiger charge is 2.37. The highest BCUT2D eigenvalue weighted by Crippen LogP contribution is 2.38. The largest absolute Gasteiger partial charge is 0.381 e. The van der Waals surface area contributed by atoms with Crippen LogP contribution in [0.5, 0.6) is 0 Å². The van der Waals surface area contributed by atoms with E-state index in [0.29, 0.717) is 5.92 Å². The number of likely N-dealkylation sites (tertiary alicyclic amines) is 1. The number of nitrogens with zero attached hydrogens (tertiary/aromatic N) is 3. The number of aliphatic imine (C=N–C) groups is 1. The Morgan fingerprint density at radius 2 is 1.87 bits per heavy atom. The number of halogens is 1. The van der Waals surface area contributed by atoms with Gasteiger partial charge in [-0.25, -0.2) is 0 Å². The maximum Gasteiger partial charge on any atom is 0.193 e. The van der Waals surface area contributed by atoms with Crippen molar-refractivity contribution in [2.45, 2.75) is 24.7 Å². The van der Waals surface area contributed by atoms with Crippen molar-refractivity contribution in [1.82, 2.24) is 15.1 Å². The van der Waals surface area contributed by atoms with Gasteiger partial charge in [0.05, 0.1) is 13.2 Å². The number of guanidine groups is 1. The second-order valence-corrected chi connectivity index (χ2v) is 9.19. The van der Waals surface area contributed by atoms with Gasteiger partial charge in [-0.3, -0.25) is 9.89 Å². The van der Waals surface area contributed by atoms with E-state index in [9.17, 15) is 0 Å². The molecule has 3 saturated heterocycles. The first-order chi connectivity index (χ1) is 14.7. The zero-order chi connectivity index (χ0) is 20.8. The SMILES string of the molecule is CN=C(NCC1(c2ccccc2Cl)CCOCC1)N1CCC(CN2CCOCC2)C1.